The summed E-state index contributed by atoms with van der Waals surface area (Å²) >= 11 is 6.04. The number of benzene rings is 1. The number of nitrogens with zero attached hydrogens (tertiary/aromatic N) is 2. The predicted octanol–water partition coefficient (Wildman–Crippen LogP) is 2.36. The third kappa shape index (κ3) is 2.94. The third-order valence-electron chi connectivity index (χ3n) is 3.65. The molecule has 2 aromatic rings. The van der Waals surface area contributed by atoms with E-state index in [0.29, 0.717) is 24.7 Å². The normalized spacial score (nSPS) is 15.0. The van der Waals surface area contributed by atoms with Crippen molar-refractivity contribution < 1.29 is 9.50 Å². The molecule has 21 heavy (non-hydrogen) atoms. The van der Waals surface area contributed by atoms with Crippen LogP contribution in [0.3, 0.4) is 0 Å². The Kier molecular flexibility index (Phi) is 3.69. The van der Waals surface area contributed by atoms with Crippen molar-refractivity contribution in [1.29, 1.82) is 0 Å². The first-order valence-electron chi connectivity index (χ1n) is 6.61. The van der Waals surface area contributed by atoms with Crippen LogP contribution in [-0.4, -0.2) is 21.1 Å². The van der Waals surface area contributed by atoms with Gasteiger partial charge in [-0.05, 0) is 17.7 Å². The highest BCUT2D eigenvalue weighted by Gasteiger charge is 2.18. The molecule has 0 unspecified atom stereocenters. The molecule has 1 aliphatic heterocycles. The second-order valence-electron chi connectivity index (χ2n) is 5.15. The van der Waals surface area contributed by atoms with Crippen LogP contribution in [0.25, 0.3) is 0 Å². The monoisotopic (exact) mass is 308 g/mol. The number of fused-ring (bicyclic) bond motifs is 1. The second kappa shape index (κ2) is 5.50. The van der Waals surface area contributed by atoms with E-state index in [-0.39, 0.29) is 17.0 Å². The Morgan fingerprint density at radius 1 is 1.29 bits per heavy atom. The van der Waals surface area contributed by atoms with Crippen molar-refractivity contribution in [3.63, 3.8) is 0 Å². The average molecular weight is 309 g/mol. The molecule has 3 rings (SSSR count). The van der Waals surface area contributed by atoms with Gasteiger partial charge in [0.25, 0.3) is 0 Å². The van der Waals surface area contributed by atoms with E-state index in [1.807, 2.05) is 4.57 Å². The maximum Gasteiger partial charge on any atom is 0.223 e. The number of hydrogen-bond donors (Lipinski definition) is 1. The Morgan fingerprint density at radius 2 is 2.10 bits per heavy atom. The molecule has 1 aliphatic rings. The molecule has 0 aliphatic carbocycles. The van der Waals surface area contributed by atoms with Gasteiger partial charge < -0.3 is 9.67 Å². The summed E-state index contributed by atoms with van der Waals surface area (Å²) in [7, 11) is 0. The van der Waals surface area contributed by atoms with Crippen LogP contribution in [0.15, 0.2) is 35.3 Å². The summed E-state index contributed by atoms with van der Waals surface area (Å²) in [5, 5.41) is 9.85. The molecule has 4 nitrogen and oxygen atoms in total. The predicted molar refractivity (Wildman–Crippen MR) is 77.9 cm³/mol. The van der Waals surface area contributed by atoms with Crippen molar-refractivity contribution in [3.05, 3.63) is 62.8 Å². The molecular weight excluding hydrogens is 295 g/mol. The van der Waals surface area contributed by atoms with Gasteiger partial charge in [-0.1, -0.05) is 17.7 Å². The smallest absolute Gasteiger partial charge is 0.223 e. The Balaban J connectivity index is 1.80. The second-order valence-corrected chi connectivity index (χ2v) is 5.56. The molecule has 0 bridgehead atoms. The Hall–Kier alpha value is -1.85. The maximum atomic E-state index is 13.0. The summed E-state index contributed by atoms with van der Waals surface area (Å²) in [4.78, 5) is 13.6. The molecule has 1 aromatic carbocycles. The van der Waals surface area contributed by atoms with Crippen LogP contribution in [-0.2, 0) is 19.6 Å². The molecular formula is C15H14ClFN2O2. The zero-order valence-corrected chi connectivity index (χ0v) is 12.0. The number of aromatic nitrogens is 1. The molecule has 0 radical (unpaired) electrons. The molecule has 6 heteroatoms. The highest BCUT2D eigenvalue weighted by atomic mass is 35.5. The SMILES string of the molecule is O=c1cc2n(cc1O)CCN(Cc1ccc(F)cc1Cl)C2. The fourth-order valence-corrected chi connectivity index (χ4v) is 2.76. The minimum atomic E-state index is -0.372. The van der Waals surface area contributed by atoms with E-state index in [1.165, 1.54) is 24.4 Å². The lowest BCUT2D eigenvalue weighted by Gasteiger charge is -2.30. The summed E-state index contributed by atoms with van der Waals surface area (Å²) in [5.41, 5.74) is 1.33. The minimum absolute atomic E-state index is 0.228. The quantitative estimate of drug-likeness (QED) is 0.926. The molecule has 0 atom stereocenters. The lowest BCUT2D eigenvalue weighted by molar-refractivity contribution is 0.210. The summed E-state index contributed by atoms with van der Waals surface area (Å²) in [6.07, 6.45) is 1.47. The summed E-state index contributed by atoms with van der Waals surface area (Å²) in [5.74, 6) is -0.580. The van der Waals surface area contributed by atoms with Gasteiger partial charge in [0.2, 0.25) is 5.43 Å². The van der Waals surface area contributed by atoms with Gasteiger partial charge in [-0.3, -0.25) is 9.69 Å². The van der Waals surface area contributed by atoms with Crippen molar-refractivity contribution in [2.24, 2.45) is 0 Å². The van der Waals surface area contributed by atoms with E-state index in [1.54, 1.807) is 6.07 Å². The summed E-state index contributed by atoms with van der Waals surface area (Å²) in [6, 6.07) is 5.82. The van der Waals surface area contributed by atoms with Gasteiger partial charge in [0.05, 0.1) is 6.20 Å². The number of pyridine rings is 1. The third-order valence-corrected chi connectivity index (χ3v) is 4.00. The minimum Gasteiger partial charge on any atom is -0.503 e. The van der Waals surface area contributed by atoms with Gasteiger partial charge >= 0.3 is 0 Å². The highest BCUT2D eigenvalue weighted by molar-refractivity contribution is 6.31. The number of rotatable bonds is 2. The van der Waals surface area contributed by atoms with Gasteiger partial charge in [0.15, 0.2) is 5.75 Å². The molecule has 0 amide bonds. The topological polar surface area (TPSA) is 45.5 Å². The van der Waals surface area contributed by atoms with Crippen molar-refractivity contribution in [2.45, 2.75) is 19.6 Å². The molecule has 0 fully saturated rings. The fourth-order valence-electron chi connectivity index (χ4n) is 2.53. The Bertz CT molecular complexity index is 745. The van der Waals surface area contributed by atoms with Crippen LogP contribution in [0.5, 0.6) is 5.75 Å². The number of hydrogen-bond acceptors (Lipinski definition) is 3. The van der Waals surface area contributed by atoms with Crippen molar-refractivity contribution in [2.75, 3.05) is 6.54 Å². The van der Waals surface area contributed by atoms with Gasteiger partial charge in [-0.2, -0.15) is 0 Å². The highest BCUT2D eigenvalue weighted by Crippen LogP contribution is 2.21. The lowest BCUT2D eigenvalue weighted by atomic mass is 10.1. The van der Waals surface area contributed by atoms with Crippen LogP contribution in [0.2, 0.25) is 5.02 Å². The van der Waals surface area contributed by atoms with Crippen LogP contribution < -0.4 is 5.43 Å². The molecule has 0 saturated heterocycles. The van der Waals surface area contributed by atoms with Gasteiger partial charge in [-0.25, -0.2) is 4.39 Å². The molecule has 1 aromatic heterocycles. The van der Waals surface area contributed by atoms with Crippen LogP contribution >= 0.6 is 11.6 Å². The number of aromatic hydroxyl groups is 1. The van der Waals surface area contributed by atoms with Gasteiger partial charge in [0, 0.05) is 43.0 Å². The van der Waals surface area contributed by atoms with E-state index in [2.05, 4.69) is 4.90 Å². The molecule has 0 spiro atoms. The van der Waals surface area contributed by atoms with E-state index >= 15 is 0 Å². The zero-order valence-electron chi connectivity index (χ0n) is 11.2. The average Bonchev–Trinajstić information content (AvgIpc) is 2.43. The van der Waals surface area contributed by atoms with Crippen LogP contribution in [0.4, 0.5) is 4.39 Å². The lowest BCUT2D eigenvalue weighted by Crippen LogP contribution is -2.34. The van der Waals surface area contributed by atoms with E-state index < -0.39 is 0 Å². The Labute approximate surface area is 126 Å². The van der Waals surface area contributed by atoms with Crippen molar-refractivity contribution >= 4 is 11.6 Å². The standard InChI is InChI=1S/C15H14ClFN2O2/c16-13-5-11(17)2-1-10(13)7-18-3-4-19-9-15(21)14(20)6-12(19)8-18/h1-2,5-6,9,21H,3-4,7-8H2. The summed E-state index contributed by atoms with van der Waals surface area (Å²) < 4.78 is 14.9. The first-order valence-corrected chi connectivity index (χ1v) is 6.99. The van der Waals surface area contributed by atoms with Crippen LogP contribution in [0, 0.1) is 5.82 Å². The first-order chi connectivity index (χ1) is 10.0. The number of halogens is 2. The van der Waals surface area contributed by atoms with E-state index in [4.69, 9.17) is 11.6 Å². The van der Waals surface area contributed by atoms with E-state index in [9.17, 15) is 14.3 Å². The zero-order chi connectivity index (χ0) is 15.0. The first kappa shape index (κ1) is 14.1. The molecule has 2 heterocycles. The van der Waals surface area contributed by atoms with Gasteiger partial charge in [-0.15, -0.1) is 0 Å². The van der Waals surface area contributed by atoms with E-state index in [0.717, 1.165) is 17.8 Å². The summed E-state index contributed by atoms with van der Waals surface area (Å²) in [6.45, 7) is 2.63. The fraction of sp³-hybridized carbons (Fsp3) is 0.267. The molecule has 110 valence electrons. The maximum absolute atomic E-state index is 13.0. The largest absolute Gasteiger partial charge is 0.503 e. The molecule has 1 N–H and O–H groups in total. The van der Waals surface area contributed by atoms with Crippen LogP contribution in [0.1, 0.15) is 11.3 Å². The molecule has 0 saturated carbocycles. The van der Waals surface area contributed by atoms with Crippen molar-refractivity contribution in [1.82, 2.24) is 9.47 Å². The van der Waals surface area contributed by atoms with Crippen molar-refractivity contribution in [3.8, 4) is 5.75 Å². The Morgan fingerprint density at radius 3 is 2.86 bits per heavy atom. The van der Waals surface area contributed by atoms with Gasteiger partial charge in [0.1, 0.15) is 5.82 Å².